The summed E-state index contributed by atoms with van der Waals surface area (Å²) < 4.78 is 0. The van der Waals surface area contributed by atoms with Gasteiger partial charge in [-0.15, -0.1) is 48.0 Å². The molecule has 0 spiro atoms. The molecule has 0 saturated carbocycles. The number of rotatable bonds is 1. The van der Waals surface area contributed by atoms with E-state index in [0.29, 0.717) is 0 Å². The van der Waals surface area contributed by atoms with Gasteiger partial charge >= 0.3 is 0 Å². The first-order valence-corrected chi connectivity index (χ1v) is 10.2. The molecule has 0 radical (unpaired) electrons. The Kier molecular flexibility index (Phi) is 6.75. The van der Waals surface area contributed by atoms with E-state index in [1.54, 1.807) is 0 Å². The van der Waals surface area contributed by atoms with Gasteiger partial charge in [-0.3, -0.25) is 0 Å². The van der Waals surface area contributed by atoms with Crippen molar-refractivity contribution >= 4 is 27.1 Å². The second kappa shape index (κ2) is 9.86. The Bertz CT molecular complexity index is 1280. The van der Waals surface area contributed by atoms with E-state index in [9.17, 15) is 0 Å². The van der Waals surface area contributed by atoms with E-state index in [1.807, 2.05) is 48.7 Å². The normalized spacial score (nSPS) is 12.2. The molecule has 2 heteroatoms. The van der Waals surface area contributed by atoms with Gasteiger partial charge in [0.15, 0.2) is 0 Å². The van der Waals surface area contributed by atoms with Crippen LogP contribution in [0.15, 0.2) is 97.2 Å². The van der Waals surface area contributed by atoms with E-state index in [1.165, 1.54) is 21.9 Å². The topological polar surface area (TPSA) is 12.9 Å². The van der Waals surface area contributed by atoms with E-state index in [-0.39, 0.29) is 21.1 Å². The van der Waals surface area contributed by atoms with Gasteiger partial charge in [0, 0.05) is 27.3 Å². The van der Waals surface area contributed by atoms with Crippen molar-refractivity contribution in [1.82, 2.24) is 4.98 Å². The maximum Gasteiger partial charge on any atom is 0.0124 e. The molecule has 1 aliphatic carbocycles. The summed E-state index contributed by atoms with van der Waals surface area (Å²) >= 11 is 0. The average Bonchev–Trinajstić information content (AvgIpc) is 2.84. The molecule has 1 heterocycles. The third-order valence-corrected chi connectivity index (χ3v) is 5.37. The number of hydrogen-bond acceptors (Lipinski definition) is 1. The number of fused-ring (bicyclic) bond motifs is 4. The van der Waals surface area contributed by atoms with Crippen molar-refractivity contribution in [3.8, 4) is 0 Å². The van der Waals surface area contributed by atoms with Crippen molar-refractivity contribution < 1.29 is 21.1 Å². The van der Waals surface area contributed by atoms with Crippen LogP contribution in [0.2, 0.25) is 0 Å². The number of pyridine rings is 1. The van der Waals surface area contributed by atoms with Gasteiger partial charge in [-0.05, 0) is 18.2 Å². The standard InChI is InChI=1S/C15H12N.C14H8.Pt/c1-2-8-13-12(6-1)7-5-9-14(13)15-10-3-4-11-16-15;1-3-7-13-11(5-1)9-10-12-6-2-4-8-14(12)13;/h1-4,6,8,10-11H,5,7H2;1-6,9-10H;/q-1;-2;. The van der Waals surface area contributed by atoms with Crippen molar-refractivity contribution in [2.45, 2.75) is 12.8 Å². The molecule has 0 N–H and O–H groups in total. The fourth-order valence-corrected chi connectivity index (χ4v) is 3.93. The summed E-state index contributed by atoms with van der Waals surface area (Å²) in [5, 5.41) is 4.76. The second-order valence-electron chi connectivity index (χ2n) is 7.26. The molecule has 31 heavy (non-hydrogen) atoms. The first-order valence-electron chi connectivity index (χ1n) is 10.2. The SMILES string of the molecule is [C-]1=C(c2ccccn2)c2ccccc2CC1.[Pt].[c-]1cccc2ccc3ccc[c-]c3c12. The van der Waals surface area contributed by atoms with Crippen LogP contribution in [-0.4, -0.2) is 4.98 Å². The minimum atomic E-state index is 0. The minimum Gasteiger partial charge on any atom is -0.321 e. The van der Waals surface area contributed by atoms with Crippen molar-refractivity contribution in [2.24, 2.45) is 0 Å². The summed E-state index contributed by atoms with van der Waals surface area (Å²) in [5.41, 5.74) is 4.87. The number of nitrogens with zero attached hydrogens (tertiary/aromatic N) is 1. The van der Waals surface area contributed by atoms with Gasteiger partial charge in [-0.2, -0.15) is 46.7 Å². The third-order valence-electron chi connectivity index (χ3n) is 5.37. The maximum atomic E-state index is 4.40. The molecule has 0 fully saturated rings. The monoisotopic (exact) mass is 577 g/mol. The Labute approximate surface area is 197 Å². The van der Waals surface area contributed by atoms with E-state index >= 15 is 0 Å². The Morgan fingerprint density at radius 1 is 0.677 bits per heavy atom. The molecule has 4 aromatic carbocycles. The Balaban J connectivity index is 0.000000146. The molecule has 0 atom stereocenters. The van der Waals surface area contributed by atoms with Crippen molar-refractivity contribution in [3.05, 3.63) is 132 Å². The molecule has 0 bridgehead atoms. The predicted molar refractivity (Wildman–Crippen MR) is 124 cm³/mol. The van der Waals surface area contributed by atoms with Crippen LogP contribution in [0.3, 0.4) is 0 Å². The quantitative estimate of drug-likeness (QED) is 0.157. The zero-order valence-corrected chi connectivity index (χ0v) is 19.2. The third kappa shape index (κ3) is 4.53. The number of aromatic nitrogens is 1. The van der Waals surface area contributed by atoms with Crippen LogP contribution in [0.5, 0.6) is 0 Å². The molecule has 0 saturated heterocycles. The Morgan fingerprint density at radius 3 is 2.03 bits per heavy atom. The van der Waals surface area contributed by atoms with Crippen LogP contribution in [-0.2, 0) is 27.5 Å². The smallest absolute Gasteiger partial charge is 0.0124 e. The number of hydrogen-bond donors (Lipinski definition) is 0. The summed E-state index contributed by atoms with van der Waals surface area (Å²) in [5.74, 6) is 0. The first-order chi connectivity index (χ1) is 14.9. The summed E-state index contributed by atoms with van der Waals surface area (Å²) in [7, 11) is 0. The number of aryl methyl sites for hydroxylation is 1. The second-order valence-corrected chi connectivity index (χ2v) is 7.26. The molecule has 5 aromatic rings. The zero-order valence-electron chi connectivity index (χ0n) is 16.9. The van der Waals surface area contributed by atoms with Gasteiger partial charge in [-0.25, -0.2) is 10.8 Å². The van der Waals surface area contributed by atoms with E-state index in [4.69, 9.17) is 0 Å². The van der Waals surface area contributed by atoms with E-state index in [0.717, 1.165) is 34.9 Å². The summed E-state index contributed by atoms with van der Waals surface area (Å²) in [4.78, 5) is 4.40. The fraction of sp³-hybridized carbons (Fsp3) is 0.0690. The van der Waals surface area contributed by atoms with Crippen molar-refractivity contribution in [1.29, 1.82) is 0 Å². The van der Waals surface area contributed by atoms with Crippen LogP contribution in [0.1, 0.15) is 23.2 Å². The molecule has 1 nitrogen and oxygen atoms in total. The molecule has 6 rings (SSSR count). The summed E-state index contributed by atoms with van der Waals surface area (Å²) in [6.45, 7) is 0. The van der Waals surface area contributed by atoms with Crippen LogP contribution in [0.25, 0.3) is 27.1 Å². The zero-order chi connectivity index (χ0) is 20.2. The minimum absolute atomic E-state index is 0. The fourth-order valence-electron chi connectivity index (χ4n) is 3.93. The Hall–Kier alpha value is -3.02. The number of allylic oxidation sites excluding steroid dienone is 1. The molecule has 1 aromatic heterocycles. The van der Waals surface area contributed by atoms with Gasteiger partial charge < -0.3 is 4.98 Å². The predicted octanol–water partition coefficient (Wildman–Crippen LogP) is 6.85. The molecule has 154 valence electrons. The average molecular weight is 578 g/mol. The molecule has 1 aliphatic rings. The summed E-state index contributed by atoms with van der Waals surface area (Å²) in [6, 6.07) is 37.4. The molecular formula is C29H20NPt-3. The molecule has 0 unspecified atom stereocenters. The maximum absolute atomic E-state index is 4.40. The van der Waals surface area contributed by atoms with E-state index < -0.39 is 0 Å². The largest absolute Gasteiger partial charge is 0.321 e. The Morgan fingerprint density at radius 2 is 1.35 bits per heavy atom. The van der Waals surface area contributed by atoms with Crippen molar-refractivity contribution in [2.75, 3.05) is 0 Å². The number of benzene rings is 4. The van der Waals surface area contributed by atoms with E-state index in [2.05, 4.69) is 71.7 Å². The first kappa shape index (κ1) is 21.2. The van der Waals surface area contributed by atoms with Crippen LogP contribution >= 0.6 is 0 Å². The van der Waals surface area contributed by atoms with Crippen LogP contribution in [0.4, 0.5) is 0 Å². The van der Waals surface area contributed by atoms with Gasteiger partial charge in [0.05, 0.1) is 0 Å². The van der Waals surface area contributed by atoms with Gasteiger partial charge in [0.25, 0.3) is 0 Å². The van der Waals surface area contributed by atoms with Gasteiger partial charge in [-0.1, -0.05) is 42.3 Å². The molecule has 0 amide bonds. The summed E-state index contributed by atoms with van der Waals surface area (Å²) in [6.07, 6.45) is 7.36. The van der Waals surface area contributed by atoms with Crippen molar-refractivity contribution in [3.63, 3.8) is 0 Å². The van der Waals surface area contributed by atoms with Crippen LogP contribution in [0, 0.1) is 18.2 Å². The van der Waals surface area contributed by atoms with Crippen LogP contribution < -0.4 is 0 Å². The van der Waals surface area contributed by atoms with Gasteiger partial charge in [0.2, 0.25) is 0 Å². The molecular weight excluding hydrogens is 557 g/mol. The van der Waals surface area contributed by atoms with Gasteiger partial charge in [0.1, 0.15) is 0 Å². The molecule has 0 aliphatic heterocycles.